The van der Waals surface area contributed by atoms with Crippen LogP contribution >= 0.6 is 0 Å². The molecular weight excluding hydrogens is 272 g/mol. The van der Waals surface area contributed by atoms with Crippen molar-refractivity contribution < 1.29 is 19.4 Å². The molecular formula is C15H22N2O4. The highest BCUT2D eigenvalue weighted by molar-refractivity contribution is 5.89. The summed E-state index contributed by atoms with van der Waals surface area (Å²) in [4.78, 5) is 15.6. The quantitative estimate of drug-likeness (QED) is 0.671. The molecule has 0 saturated heterocycles. The molecule has 1 fully saturated rings. The summed E-state index contributed by atoms with van der Waals surface area (Å²) in [5, 5.41) is 12.8. The van der Waals surface area contributed by atoms with Crippen LogP contribution in [0.4, 0.5) is 5.82 Å². The van der Waals surface area contributed by atoms with Gasteiger partial charge in [0.2, 0.25) is 0 Å². The molecule has 2 N–H and O–H groups in total. The van der Waals surface area contributed by atoms with Crippen LogP contribution in [0.1, 0.15) is 30.1 Å². The maximum absolute atomic E-state index is 11.5. The van der Waals surface area contributed by atoms with Crippen molar-refractivity contribution >= 4 is 11.8 Å². The Bertz CT molecular complexity index is 445. The highest BCUT2D eigenvalue weighted by Crippen LogP contribution is 2.28. The fourth-order valence-electron chi connectivity index (χ4n) is 1.77. The number of anilines is 1. The summed E-state index contributed by atoms with van der Waals surface area (Å²) in [5.41, 5.74) is 0.413. The molecule has 0 radical (unpaired) electrons. The Morgan fingerprint density at radius 2 is 2.33 bits per heavy atom. The van der Waals surface area contributed by atoms with E-state index in [1.54, 1.807) is 19.1 Å². The minimum atomic E-state index is -0.574. The molecule has 1 unspecified atom stereocenters. The Kier molecular flexibility index (Phi) is 5.95. The number of ether oxygens (including phenoxy) is 2. The van der Waals surface area contributed by atoms with Crippen LogP contribution < -0.4 is 5.32 Å². The van der Waals surface area contributed by atoms with Crippen LogP contribution in [0, 0.1) is 5.92 Å². The van der Waals surface area contributed by atoms with Crippen LogP contribution in [-0.4, -0.2) is 48.5 Å². The van der Waals surface area contributed by atoms with Gasteiger partial charge in [-0.25, -0.2) is 9.78 Å². The summed E-state index contributed by atoms with van der Waals surface area (Å²) in [6.07, 6.45) is 3.36. The van der Waals surface area contributed by atoms with Crippen molar-refractivity contribution in [1.29, 1.82) is 0 Å². The van der Waals surface area contributed by atoms with Gasteiger partial charge < -0.3 is 19.9 Å². The van der Waals surface area contributed by atoms with Crippen molar-refractivity contribution in [2.75, 3.05) is 31.7 Å². The minimum Gasteiger partial charge on any atom is -0.462 e. The van der Waals surface area contributed by atoms with Gasteiger partial charge in [0.1, 0.15) is 5.82 Å². The highest BCUT2D eigenvalue weighted by atomic mass is 16.5. The van der Waals surface area contributed by atoms with Gasteiger partial charge in [0, 0.05) is 19.3 Å². The zero-order valence-electron chi connectivity index (χ0n) is 12.2. The number of nitrogens with one attached hydrogen (secondary N) is 1. The summed E-state index contributed by atoms with van der Waals surface area (Å²) in [7, 11) is 0. The van der Waals surface area contributed by atoms with Crippen LogP contribution in [-0.2, 0) is 9.47 Å². The number of rotatable bonds is 9. The highest BCUT2D eigenvalue weighted by Gasteiger charge is 2.21. The van der Waals surface area contributed by atoms with Crippen molar-refractivity contribution in [3.05, 3.63) is 23.9 Å². The molecule has 0 amide bonds. The Labute approximate surface area is 124 Å². The third-order valence-corrected chi connectivity index (χ3v) is 3.15. The van der Waals surface area contributed by atoms with Crippen LogP contribution in [0.5, 0.6) is 0 Å². The molecule has 116 valence electrons. The number of aliphatic hydroxyl groups excluding tert-OH is 1. The number of hydrogen-bond donors (Lipinski definition) is 2. The first-order valence-electron chi connectivity index (χ1n) is 7.32. The summed E-state index contributed by atoms with van der Waals surface area (Å²) >= 11 is 0. The molecule has 1 aromatic heterocycles. The van der Waals surface area contributed by atoms with Gasteiger partial charge in [0.05, 0.1) is 24.9 Å². The molecule has 1 aliphatic carbocycles. The van der Waals surface area contributed by atoms with Gasteiger partial charge in [-0.3, -0.25) is 0 Å². The molecule has 2 rings (SSSR count). The molecule has 6 heteroatoms. The predicted octanol–water partition coefficient (Wildman–Crippen LogP) is 1.46. The second-order valence-electron chi connectivity index (χ2n) is 5.17. The average Bonchev–Trinajstić information content (AvgIpc) is 3.30. The topological polar surface area (TPSA) is 80.7 Å². The minimum absolute atomic E-state index is 0.324. The second-order valence-corrected chi connectivity index (χ2v) is 5.17. The SMILES string of the molecule is CCOC(=O)c1ccc(NCC(O)COCC2CC2)nc1. The molecule has 21 heavy (non-hydrogen) atoms. The van der Waals surface area contributed by atoms with E-state index in [0.29, 0.717) is 37.1 Å². The fraction of sp³-hybridized carbons (Fsp3) is 0.600. The summed E-state index contributed by atoms with van der Waals surface area (Å²) in [6.45, 7) is 3.52. The lowest BCUT2D eigenvalue weighted by atomic mass is 10.3. The van der Waals surface area contributed by atoms with E-state index < -0.39 is 6.10 Å². The molecule has 6 nitrogen and oxygen atoms in total. The first kappa shape index (κ1) is 15.7. The number of aromatic nitrogens is 1. The van der Waals surface area contributed by atoms with E-state index in [4.69, 9.17) is 9.47 Å². The van der Waals surface area contributed by atoms with Crippen LogP contribution in [0.25, 0.3) is 0 Å². The van der Waals surface area contributed by atoms with Crippen molar-refractivity contribution in [2.24, 2.45) is 5.92 Å². The molecule has 0 bridgehead atoms. The van der Waals surface area contributed by atoms with Gasteiger partial charge in [-0.05, 0) is 37.8 Å². The van der Waals surface area contributed by atoms with E-state index in [9.17, 15) is 9.90 Å². The lowest BCUT2D eigenvalue weighted by Gasteiger charge is -2.12. The number of esters is 1. The fourth-order valence-corrected chi connectivity index (χ4v) is 1.77. The number of hydrogen-bond acceptors (Lipinski definition) is 6. The first-order valence-corrected chi connectivity index (χ1v) is 7.32. The van der Waals surface area contributed by atoms with Crippen molar-refractivity contribution in [2.45, 2.75) is 25.9 Å². The van der Waals surface area contributed by atoms with Crippen LogP contribution in [0.15, 0.2) is 18.3 Å². The number of aliphatic hydroxyl groups is 1. The molecule has 1 saturated carbocycles. The van der Waals surface area contributed by atoms with Gasteiger partial charge in [-0.15, -0.1) is 0 Å². The van der Waals surface area contributed by atoms with Crippen molar-refractivity contribution in [1.82, 2.24) is 4.98 Å². The lowest BCUT2D eigenvalue weighted by molar-refractivity contribution is 0.0385. The maximum atomic E-state index is 11.5. The lowest BCUT2D eigenvalue weighted by Crippen LogP contribution is -2.25. The van der Waals surface area contributed by atoms with Gasteiger partial charge in [0.15, 0.2) is 0 Å². The molecule has 1 atom stereocenters. The Morgan fingerprint density at radius 3 is 2.95 bits per heavy atom. The Morgan fingerprint density at radius 1 is 1.52 bits per heavy atom. The van der Waals surface area contributed by atoms with Crippen molar-refractivity contribution in [3.63, 3.8) is 0 Å². The van der Waals surface area contributed by atoms with E-state index in [-0.39, 0.29) is 5.97 Å². The van der Waals surface area contributed by atoms with E-state index in [1.165, 1.54) is 19.0 Å². The molecule has 0 aliphatic heterocycles. The van der Waals surface area contributed by atoms with E-state index in [1.807, 2.05) is 0 Å². The number of nitrogens with zero attached hydrogens (tertiary/aromatic N) is 1. The van der Waals surface area contributed by atoms with E-state index >= 15 is 0 Å². The van der Waals surface area contributed by atoms with Gasteiger partial charge in [-0.1, -0.05) is 0 Å². The average molecular weight is 294 g/mol. The molecule has 1 aliphatic rings. The zero-order valence-corrected chi connectivity index (χ0v) is 12.2. The normalized spacial score (nSPS) is 15.5. The molecule has 1 aromatic rings. The van der Waals surface area contributed by atoms with E-state index in [2.05, 4.69) is 10.3 Å². The van der Waals surface area contributed by atoms with Gasteiger partial charge in [0.25, 0.3) is 0 Å². The van der Waals surface area contributed by atoms with Gasteiger partial charge >= 0.3 is 5.97 Å². The van der Waals surface area contributed by atoms with Crippen LogP contribution in [0.3, 0.4) is 0 Å². The molecule has 0 spiro atoms. The Hall–Kier alpha value is -1.66. The smallest absolute Gasteiger partial charge is 0.339 e. The first-order chi connectivity index (χ1) is 10.2. The second kappa shape index (κ2) is 7.95. The maximum Gasteiger partial charge on any atom is 0.339 e. The number of carbonyl (C=O) groups excluding carboxylic acids is 1. The third-order valence-electron chi connectivity index (χ3n) is 3.15. The third kappa shape index (κ3) is 5.69. The van der Waals surface area contributed by atoms with E-state index in [0.717, 1.165) is 6.61 Å². The summed E-state index contributed by atoms with van der Waals surface area (Å²) in [6, 6.07) is 3.33. The summed E-state index contributed by atoms with van der Waals surface area (Å²) < 4.78 is 10.3. The monoisotopic (exact) mass is 294 g/mol. The standard InChI is InChI=1S/C15H22N2O4/c1-2-21-15(19)12-5-6-14(16-7-12)17-8-13(18)10-20-9-11-3-4-11/h5-7,11,13,18H,2-4,8-10H2,1H3,(H,16,17). The van der Waals surface area contributed by atoms with Crippen molar-refractivity contribution in [3.8, 4) is 0 Å². The zero-order chi connectivity index (χ0) is 15.1. The van der Waals surface area contributed by atoms with Crippen LogP contribution in [0.2, 0.25) is 0 Å². The largest absolute Gasteiger partial charge is 0.462 e. The summed E-state index contributed by atoms with van der Waals surface area (Å²) in [5.74, 6) is 0.914. The molecule has 1 heterocycles. The van der Waals surface area contributed by atoms with Gasteiger partial charge in [-0.2, -0.15) is 0 Å². The number of carbonyl (C=O) groups is 1. The Balaban J connectivity index is 1.68. The molecule has 0 aromatic carbocycles. The predicted molar refractivity (Wildman–Crippen MR) is 78.2 cm³/mol. The number of pyridine rings is 1.